The molecule has 6 aromatic carbocycles. The predicted octanol–water partition coefficient (Wildman–Crippen LogP) is 13.3. The van der Waals surface area contributed by atoms with Crippen LogP contribution in [0.25, 0.3) is 21.8 Å². The van der Waals surface area contributed by atoms with Gasteiger partial charge in [0, 0.05) is 36.7 Å². The van der Waals surface area contributed by atoms with Gasteiger partial charge in [-0.15, -0.1) is 11.4 Å². The summed E-state index contributed by atoms with van der Waals surface area (Å²) in [5, 5.41) is 31.0. The number of non-ortho nitro benzene ring substituents is 2. The number of nitrogens with zero attached hydrogens (tertiary/aromatic N) is 6. The van der Waals surface area contributed by atoms with E-state index in [1.165, 1.54) is 24.3 Å². The van der Waals surface area contributed by atoms with E-state index in [1.807, 2.05) is 125 Å². The number of rotatable bonds is 12. The van der Waals surface area contributed by atoms with Crippen molar-refractivity contribution < 1.29 is 26.9 Å². The zero-order valence-electron chi connectivity index (χ0n) is 31.8. The zero-order valence-corrected chi connectivity index (χ0v) is 32.7. The van der Waals surface area contributed by atoms with E-state index in [2.05, 4.69) is 20.6 Å². The fourth-order valence-corrected chi connectivity index (χ4v) is 5.31. The van der Waals surface area contributed by atoms with Gasteiger partial charge in [-0.3, -0.25) is 30.2 Å². The van der Waals surface area contributed by atoms with E-state index < -0.39 is 9.85 Å². The molecule has 0 saturated carbocycles. The molecule has 0 aliphatic rings. The minimum Gasteiger partial charge on any atom is -0.663 e. The Bertz CT molecular complexity index is 2250. The second-order valence-corrected chi connectivity index (χ2v) is 12.7. The van der Waals surface area contributed by atoms with Crippen molar-refractivity contribution in [1.82, 2.24) is 0 Å². The number of para-hydroxylation sites is 4. The maximum Gasteiger partial charge on any atom is 2.00 e. The topological polar surface area (TPSA) is 139 Å². The van der Waals surface area contributed by atoms with Crippen LogP contribution in [0.5, 0.6) is 0 Å². The third-order valence-corrected chi connectivity index (χ3v) is 8.66. The summed E-state index contributed by atoms with van der Waals surface area (Å²) in [4.78, 5) is 30.2. The third kappa shape index (κ3) is 12.5. The summed E-state index contributed by atoms with van der Waals surface area (Å²) in [5.41, 5.74) is 11.0. The first kappa shape index (κ1) is 42.8. The van der Waals surface area contributed by atoms with Gasteiger partial charge in [0.15, 0.2) is 0 Å². The molecular weight excluding hydrogens is 764 g/mol. The van der Waals surface area contributed by atoms with Gasteiger partial charge in [0.25, 0.3) is 11.4 Å². The number of hydrogen-bond acceptors (Lipinski definition) is 6. The van der Waals surface area contributed by atoms with Gasteiger partial charge in [-0.1, -0.05) is 96.1 Å². The maximum absolute atomic E-state index is 10.9. The number of benzene rings is 6. The molecule has 57 heavy (non-hydrogen) atoms. The van der Waals surface area contributed by atoms with Crippen molar-refractivity contribution in [2.75, 3.05) is 0 Å². The molecule has 0 saturated heterocycles. The first-order chi connectivity index (χ1) is 27.1. The molecule has 0 bridgehead atoms. The fourth-order valence-electron chi connectivity index (χ4n) is 5.31. The van der Waals surface area contributed by atoms with E-state index in [-0.39, 0.29) is 28.4 Å². The third-order valence-electron chi connectivity index (χ3n) is 8.66. The molecule has 10 nitrogen and oxygen atoms in total. The molecule has 11 heteroatoms. The van der Waals surface area contributed by atoms with Crippen molar-refractivity contribution in [2.24, 2.45) is 9.98 Å². The van der Waals surface area contributed by atoms with Crippen LogP contribution in [0.2, 0.25) is 0 Å². The van der Waals surface area contributed by atoms with Crippen molar-refractivity contribution in [3.8, 4) is 0 Å². The molecule has 0 N–H and O–H groups in total. The smallest absolute Gasteiger partial charge is 0.663 e. The van der Waals surface area contributed by atoms with Crippen LogP contribution in [-0.2, 0) is 17.1 Å². The Morgan fingerprint density at radius 2 is 0.789 bits per heavy atom. The van der Waals surface area contributed by atoms with Crippen LogP contribution in [0.15, 0.2) is 168 Å². The average Bonchev–Trinajstić information content (AvgIpc) is 3.20. The number of nitro groups is 2. The molecule has 0 unspecified atom stereocenters. The molecule has 289 valence electrons. The van der Waals surface area contributed by atoms with Gasteiger partial charge in [-0.25, -0.2) is 0 Å². The molecule has 6 rings (SSSR count). The number of aryl methyl sites for hydroxylation is 4. The van der Waals surface area contributed by atoms with Crippen LogP contribution >= 0.6 is 0 Å². The maximum atomic E-state index is 10.9. The van der Waals surface area contributed by atoms with E-state index in [1.54, 1.807) is 49.1 Å². The molecule has 0 aliphatic carbocycles. The van der Waals surface area contributed by atoms with Gasteiger partial charge in [0.1, 0.15) is 0 Å². The standard InChI is InChI=1S/2C23H20N3O2.Cu/c2*1-17-7-3-5-9-22(17)24-15-20(16-25-23-10-6-4-8-18(23)2)19-11-13-21(14-12-19)26(27)28;/h2*3-16H,1-2H3;/q2*-1;+2. The molecule has 0 spiro atoms. The van der Waals surface area contributed by atoms with Gasteiger partial charge < -0.3 is 10.6 Å². The Hall–Kier alpha value is -6.94. The number of allylic oxidation sites excluding steroid dienone is 2. The van der Waals surface area contributed by atoms with Gasteiger partial charge in [-0.2, -0.15) is 12.4 Å². The molecule has 6 aromatic rings. The van der Waals surface area contributed by atoms with Crippen LogP contribution in [0, 0.1) is 47.9 Å². The van der Waals surface area contributed by atoms with E-state index in [0.717, 1.165) is 67.3 Å². The van der Waals surface area contributed by atoms with E-state index in [4.69, 9.17) is 0 Å². The van der Waals surface area contributed by atoms with Crippen LogP contribution in [0.1, 0.15) is 33.4 Å². The normalized spacial score (nSPS) is 11.4. The van der Waals surface area contributed by atoms with Gasteiger partial charge in [-0.05, 0) is 97.5 Å². The summed E-state index contributed by atoms with van der Waals surface area (Å²) in [6.45, 7) is 8.00. The minimum atomic E-state index is -0.410. The Kier molecular flexibility index (Phi) is 15.9. The quantitative estimate of drug-likeness (QED) is 0.0526. The zero-order chi connectivity index (χ0) is 39.9. The largest absolute Gasteiger partial charge is 2.00 e. The second-order valence-electron chi connectivity index (χ2n) is 12.7. The van der Waals surface area contributed by atoms with Crippen LogP contribution in [-0.4, -0.2) is 22.3 Å². The monoisotopic (exact) mass is 803 g/mol. The Labute approximate surface area is 343 Å². The van der Waals surface area contributed by atoms with Crippen LogP contribution in [0.3, 0.4) is 0 Å². The predicted molar refractivity (Wildman–Crippen MR) is 229 cm³/mol. The van der Waals surface area contributed by atoms with E-state index in [0.29, 0.717) is 0 Å². The fraction of sp³-hybridized carbons (Fsp3) is 0.0870. The molecule has 0 amide bonds. The molecule has 1 radical (unpaired) electrons. The summed E-state index contributed by atoms with van der Waals surface area (Å²) in [6, 6.07) is 44.2. The van der Waals surface area contributed by atoms with Crippen molar-refractivity contribution in [1.29, 1.82) is 0 Å². The molecule has 0 fully saturated rings. The number of hydrogen-bond donors (Lipinski definition) is 0. The Morgan fingerprint density at radius 3 is 1.11 bits per heavy atom. The summed E-state index contributed by atoms with van der Waals surface area (Å²) >= 11 is 0. The van der Waals surface area contributed by atoms with E-state index in [9.17, 15) is 20.2 Å². The first-order valence-corrected chi connectivity index (χ1v) is 17.7. The van der Waals surface area contributed by atoms with Gasteiger partial charge >= 0.3 is 17.1 Å². The van der Waals surface area contributed by atoms with Crippen molar-refractivity contribution in [3.63, 3.8) is 0 Å². The van der Waals surface area contributed by atoms with Crippen LogP contribution < -0.4 is 0 Å². The molecule has 0 heterocycles. The molecule has 0 aliphatic heterocycles. The van der Waals surface area contributed by atoms with Gasteiger partial charge in [0.2, 0.25) is 0 Å². The summed E-state index contributed by atoms with van der Waals surface area (Å²) < 4.78 is 0. The SMILES string of the molecule is Cc1ccccc1N=CC(=C[N-]c1ccccc1C)c1ccc([N+](=O)[O-])cc1.Cc1ccccc1N=CC(=C[N-]c1ccccc1C)c1ccc([N+](=O)[O-])cc1.[Cu+2]. The average molecular weight is 804 g/mol. The van der Waals surface area contributed by atoms with Crippen LogP contribution in [0.4, 0.5) is 34.1 Å². The Morgan fingerprint density at radius 1 is 0.474 bits per heavy atom. The molecule has 0 atom stereocenters. The number of aliphatic imine (C=N–C) groups is 2. The molecule has 0 aromatic heterocycles. The van der Waals surface area contributed by atoms with Gasteiger partial charge in [0.05, 0.1) is 21.2 Å². The van der Waals surface area contributed by atoms with Crippen molar-refractivity contribution in [2.45, 2.75) is 27.7 Å². The minimum absolute atomic E-state index is 0. The summed E-state index contributed by atoms with van der Waals surface area (Å²) in [7, 11) is 0. The van der Waals surface area contributed by atoms with Crippen molar-refractivity contribution in [3.05, 3.63) is 222 Å². The summed E-state index contributed by atoms with van der Waals surface area (Å²) in [6.07, 6.45) is 6.97. The van der Waals surface area contributed by atoms with E-state index >= 15 is 0 Å². The summed E-state index contributed by atoms with van der Waals surface area (Å²) in [5.74, 6) is 0. The second kappa shape index (κ2) is 21.2. The number of nitro benzene ring substituents is 2. The molecular formula is C46H40CuN6O4. The Balaban J connectivity index is 0.000000248. The first-order valence-electron chi connectivity index (χ1n) is 17.7. The van der Waals surface area contributed by atoms with Crippen molar-refractivity contribution >= 4 is 57.7 Å².